The summed E-state index contributed by atoms with van der Waals surface area (Å²) in [5.74, 6) is -0.620. The summed E-state index contributed by atoms with van der Waals surface area (Å²) < 4.78 is 0. The largest absolute Gasteiger partial charge is 0.337 e. The molecule has 1 fully saturated rings. The maximum atomic E-state index is 12.8. The molecule has 0 unspecified atom stereocenters. The highest BCUT2D eigenvalue weighted by Gasteiger charge is 2.37. The fraction of sp³-hybridized carbons (Fsp3) is 0.286. The lowest BCUT2D eigenvalue weighted by Gasteiger charge is -2.24. The zero-order valence-corrected chi connectivity index (χ0v) is 17.5. The molecular weight excluding hydrogens is 392 g/mol. The molecule has 0 radical (unpaired) electrons. The number of thiophene rings is 1. The zero-order chi connectivity index (χ0) is 20.1. The fourth-order valence-electron chi connectivity index (χ4n) is 2.85. The van der Waals surface area contributed by atoms with Gasteiger partial charge in [-0.15, -0.1) is 11.3 Å². The van der Waals surface area contributed by atoms with Crippen LogP contribution in [0.25, 0.3) is 6.08 Å². The Morgan fingerprint density at radius 1 is 1.18 bits per heavy atom. The summed E-state index contributed by atoms with van der Waals surface area (Å²) in [5, 5.41) is 1.51. The minimum atomic E-state index is -0.400. The molecule has 1 aliphatic rings. The highest BCUT2D eigenvalue weighted by Crippen LogP contribution is 2.32. The Balaban J connectivity index is 1.69. The van der Waals surface area contributed by atoms with Gasteiger partial charge in [-0.1, -0.05) is 42.8 Å². The Bertz CT molecular complexity index is 889. The van der Waals surface area contributed by atoms with Crippen LogP contribution in [0.1, 0.15) is 29.3 Å². The second kappa shape index (κ2) is 9.21. The van der Waals surface area contributed by atoms with Crippen LogP contribution in [0.4, 0.5) is 4.79 Å². The first-order valence-electron chi connectivity index (χ1n) is 9.10. The molecule has 0 saturated carbocycles. The maximum absolute atomic E-state index is 12.8. The molecule has 5 nitrogen and oxygen atoms in total. The topological polar surface area (TPSA) is 57.7 Å². The number of aryl methyl sites for hydroxylation is 1. The van der Waals surface area contributed by atoms with E-state index < -0.39 is 11.1 Å². The molecule has 0 aliphatic carbocycles. The van der Waals surface area contributed by atoms with Gasteiger partial charge in [0.05, 0.1) is 4.91 Å². The predicted octanol–water partition coefficient (Wildman–Crippen LogP) is 4.53. The van der Waals surface area contributed by atoms with E-state index in [1.807, 2.05) is 55.6 Å². The number of hydrogen-bond donors (Lipinski definition) is 0. The number of amides is 3. The number of benzene rings is 1. The van der Waals surface area contributed by atoms with Gasteiger partial charge in [0.15, 0.2) is 0 Å². The maximum Gasteiger partial charge on any atom is 0.294 e. The molecule has 7 heteroatoms. The third-order valence-electron chi connectivity index (χ3n) is 4.32. The number of imide groups is 1. The molecule has 3 amide bonds. The first-order valence-corrected chi connectivity index (χ1v) is 10.8. The van der Waals surface area contributed by atoms with Crippen molar-refractivity contribution in [3.63, 3.8) is 0 Å². The van der Waals surface area contributed by atoms with Crippen molar-refractivity contribution in [3.05, 3.63) is 62.7 Å². The summed E-state index contributed by atoms with van der Waals surface area (Å²) in [5.41, 5.74) is 2.19. The van der Waals surface area contributed by atoms with Crippen molar-refractivity contribution in [2.45, 2.75) is 26.8 Å². The average Bonchev–Trinajstić information content (AvgIpc) is 3.27. The van der Waals surface area contributed by atoms with Crippen LogP contribution in [-0.2, 0) is 16.1 Å². The Hall–Kier alpha value is -2.38. The van der Waals surface area contributed by atoms with Gasteiger partial charge in [0.1, 0.15) is 6.54 Å². The first-order chi connectivity index (χ1) is 13.5. The van der Waals surface area contributed by atoms with Gasteiger partial charge in [-0.05, 0) is 48.2 Å². The normalized spacial score (nSPS) is 15.5. The summed E-state index contributed by atoms with van der Waals surface area (Å²) in [6, 6.07) is 11.8. The van der Waals surface area contributed by atoms with E-state index in [0.29, 0.717) is 18.0 Å². The van der Waals surface area contributed by atoms with E-state index in [2.05, 4.69) is 0 Å². The molecule has 1 aromatic heterocycles. The van der Waals surface area contributed by atoms with Gasteiger partial charge < -0.3 is 4.90 Å². The number of hydrogen-bond acceptors (Lipinski definition) is 5. The molecule has 1 aromatic carbocycles. The first kappa shape index (κ1) is 20.4. The predicted molar refractivity (Wildman–Crippen MR) is 114 cm³/mol. The van der Waals surface area contributed by atoms with Crippen molar-refractivity contribution in [2.24, 2.45) is 0 Å². The van der Waals surface area contributed by atoms with E-state index in [4.69, 9.17) is 0 Å². The molecule has 0 bridgehead atoms. The van der Waals surface area contributed by atoms with Gasteiger partial charge >= 0.3 is 0 Å². The zero-order valence-electron chi connectivity index (χ0n) is 15.9. The van der Waals surface area contributed by atoms with Crippen LogP contribution in [0, 0.1) is 6.92 Å². The SMILES string of the molecule is CCCN(Cc1ccc(C)cc1)C(=O)CN1C(=O)S/C(=C\c2cccs2)C1=O. The van der Waals surface area contributed by atoms with Gasteiger partial charge in [0.25, 0.3) is 11.1 Å². The molecule has 0 N–H and O–H groups in total. The van der Waals surface area contributed by atoms with Crippen LogP contribution < -0.4 is 0 Å². The highest BCUT2D eigenvalue weighted by molar-refractivity contribution is 8.18. The van der Waals surface area contributed by atoms with Crippen molar-refractivity contribution in [1.82, 2.24) is 9.80 Å². The van der Waals surface area contributed by atoms with E-state index in [9.17, 15) is 14.4 Å². The monoisotopic (exact) mass is 414 g/mol. The van der Waals surface area contributed by atoms with Crippen LogP contribution in [0.3, 0.4) is 0 Å². The van der Waals surface area contributed by atoms with Gasteiger partial charge in [-0.3, -0.25) is 19.3 Å². The van der Waals surface area contributed by atoms with Crippen molar-refractivity contribution in [1.29, 1.82) is 0 Å². The number of rotatable bonds is 7. The van der Waals surface area contributed by atoms with Crippen molar-refractivity contribution in [2.75, 3.05) is 13.1 Å². The van der Waals surface area contributed by atoms with Crippen LogP contribution in [-0.4, -0.2) is 39.9 Å². The van der Waals surface area contributed by atoms with Gasteiger partial charge in [-0.25, -0.2) is 0 Å². The third kappa shape index (κ3) is 4.91. The molecule has 1 saturated heterocycles. The standard InChI is InChI=1S/C21H22N2O3S2/c1-3-10-22(13-16-8-6-15(2)7-9-16)19(24)14-23-20(25)18(28-21(23)26)12-17-5-4-11-27-17/h4-9,11-12H,3,10,13-14H2,1-2H3/b18-12-. The lowest BCUT2D eigenvalue weighted by atomic mass is 10.1. The van der Waals surface area contributed by atoms with Gasteiger partial charge in [0.2, 0.25) is 5.91 Å². The second-order valence-corrected chi connectivity index (χ2v) is 8.56. The Kier molecular flexibility index (Phi) is 6.70. The van der Waals surface area contributed by atoms with Crippen molar-refractivity contribution >= 4 is 46.2 Å². The molecule has 0 spiro atoms. The number of nitrogens with zero attached hydrogens (tertiary/aromatic N) is 2. The van der Waals surface area contributed by atoms with Crippen LogP contribution in [0.5, 0.6) is 0 Å². The summed E-state index contributed by atoms with van der Waals surface area (Å²) in [4.78, 5) is 41.7. The summed E-state index contributed by atoms with van der Waals surface area (Å²) >= 11 is 2.38. The smallest absolute Gasteiger partial charge is 0.294 e. The molecular formula is C21H22N2O3S2. The third-order valence-corrected chi connectivity index (χ3v) is 6.05. The van der Waals surface area contributed by atoms with E-state index in [1.165, 1.54) is 11.3 Å². The van der Waals surface area contributed by atoms with E-state index >= 15 is 0 Å². The van der Waals surface area contributed by atoms with E-state index in [-0.39, 0.29) is 12.5 Å². The molecule has 2 aromatic rings. The van der Waals surface area contributed by atoms with Gasteiger partial charge in [-0.2, -0.15) is 0 Å². The second-order valence-electron chi connectivity index (χ2n) is 6.58. The summed E-state index contributed by atoms with van der Waals surface area (Å²) in [7, 11) is 0. The minimum absolute atomic E-state index is 0.220. The fourth-order valence-corrected chi connectivity index (χ4v) is 4.41. The highest BCUT2D eigenvalue weighted by atomic mass is 32.2. The summed E-state index contributed by atoms with van der Waals surface area (Å²) in [6.07, 6.45) is 2.51. The molecule has 1 aliphatic heterocycles. The lowest BCUT2D eigenvalue weighted by molar-refractivity contribution is -0.136. The quantitative estimate of drug-likeness (QED) is 0.625. The van der Waals surface area contributed by atoms with E-state index in [0.717, 1.165) is 39.1 Å². The molecule has 3 rings (SSSR count). The molecule has 146 valence electrons. The summed E-state index contributed by atoms with van der Waals surface area (Å²) in [6.45, 7) is 4.84. The van der Waals surface area contributed by atoms with Crippen LogP contribution in [0.15, 0.2) is 46.7 Å². The molecule has 0 atom stereocenters. The van der Waals surface area contributed by atoms with Crippen LogP contribution in [0.2, 0.25) is 0 Å². The number of carbonyl (C=O) groups excluding carboxylic acids is 3. The Labute approximate surface area is 173 Å². The lowest BCUT2D eigenvalue weighted by Crippen LogP contribution is -2.42. The number of thioether (sulfide) groups is 1. The Morgan fingerprint density at radius 3 is 2.57 bits per heavy atom. The number of carbonyl (C=O) groups is 3. The van der Waals surface area contributed by atoms with Crippen molar-refractivity contribution < 1.29 is 14.4 Å². The Morgan fingerprint density at radius 2 is 1.93 bits per heavy atom. The van der Waals surface area contributed by atoms with E-state index in [1.54, 1.807) is 11.0 Å². The van der Waals surface area contributed by atoms with Gasteiger partial charge in [0, 0.05) is 18.0 Å². The van der Waals surface area contributed by atoms with Crippen molar-refractivity contribution in [3.8, 4) is 0 Å². The average molecular weight is 415 g/mol. The molecule has 2 heterocycles. The van der Waals surface area contributed by atoms with Crippen LogP contribution >= 0.6 is 23.1 Å². The molecule has 28 heavy (non-hydrogen) atoms. The minimum Gasteiger partial charge on any atom is -0.337 e.